The first-order valence-electron chi connectivity index (χ1n) is 17.1. The van der Waals surface area contributed by atoms with Crippen LogP contribution in [0.3, 0.4) is 0 Å². The molecular formula is C40H47N5O6. The van der Waals surface area contributed by atoms with Crippen LogP contribution in [0, 0.1) is 5.41 Å². The number of aromatic nitrogens is 1. The Bertz CT molecular complexity index is 1780. The Morgan fingerprint density at radius 2 is 1.61 bits per heavy atom. The summed E-state index contributed by atoms with van der Waals surface area (Å²) in [4.78, 5) is 44.5. The number of nitrogens with one attached hydrogen (secondary N) is 3. The Labute approximate surface area is 299 Å². The fourth-order valence-electron chi connectivity index (χ4n) is 6.34. The molecule has 11 nitrogen and oxygen atoms in total. The number of hydrogen-bond donors (Lipinski definition) is 5. The number of hydrazine groups is 1. The molecule has 0 saturated carbocycles. The zero-order chi connectivity index (χ0) is 36.6. The van der Waals surface area contributed by atoms with E-state index in [1.165, 1.54) is 7.11 Å². The molecule has 1 aromatic heterocycles. The van der Waals surface area contributed by atoms with Gasteiger partial charge in [0.1, 0.15) is 11.6 Å². The van der Waals surface area contributed by atoms with Gasteiger partial charge in [0, 0.05) is 44.1 Å². The first kappa shape index (κ1) is 37.2. The molecule has 0 aliphatic heterocycles. The van der Waals surface area contributed by atoms with E-state index in [4.69, 9.17) is 4.74 Å². The summed E-state index contributed by atoms with van der Waals surface area (Å²) in [6.07, 6.45) is 0.466. The molecule has 11 heteroatoms. The van der Waals surface area contributed by atoms with Crippen LogP contribution in [0.4, 0.5) is 4.79 Å². The van der Waals surface area contributed by atoms with Crippen LogP contribution in [0.15, 0.2) is 103 Å². The van der Waals surface area contributed by atoms with E-state index < -0.39 is 47.1 Å². The van der Waals surface area contributed by atoms with Gasteiger partial charge in [-0.25, -0.2) is 9.80 Å². The minimum Gasteiger partial charge on any atom is -0.453 e. The Kier molecular flexibility index (Phi) is 11.9. The summed E-state index contributed by atoms with van der Waals surface area (Å²) in [6, 6.07) is 28.6. The summed E-state index contributed by atoms with van der Waals surface area (Å²) < 4.78 is 4.79. The van der Waals surface area contributed by atoms with E-state index in [0.717, 1.165) is 33.5 Å². The van der Waals surface area contributed by atoms with Gasteiger partial charge in [0.15, 0.2) is 0 Å². The van der Waals surface area contributed by atoms with Crippen molar-refractivity contribution < 1.29 is 29.3 Å². The predicted octanol–water partition coefficient (Wildman–Crippen LogP) is 4.49. The molecule has 0 saturated heterocycles. The van der Waals surface area contributed by atoms with Crippen LogP contribution < -0.4 is 16.1 Å². The van der Waals surface area contributed by atoms with Gasteiger partial charge in [-0.2, -0.15) is 0 Å². The smallest absolute Gasteiger partial charge is 0.407 e. The number of carbonyl (C=O) groups excluding carboxylic acids is 3. The highest BCUT2D eigenvalue weighted by atomic mass is 16.5. The van der Waals surface area contributed by atoms with Gasteiger partial charge in [-0.15, -0.1) is 0 Å². The average Bonchev–Trinajstić information content (AvgIpc) is 3.44. The van der Waals surface area contributed by atoms with E-state index in [0.29, 0.717) is 6.42 Å². The largest absolute Gasteiger partial charge is 0.453 e. The number of hydrogen-bond acceptors (Lipinski definition) is 8. The van der Waals surface area contributed by atoms with Crippen molar-refractivity contribution in [3.05, 3.63) is 126 Å². The molecular weight excluding hydrogens is 646 g/mol. The number of rotatable bonds is 13. The van der Waals surface area contributed by atoms with Gasteiger partial charge in [-0.3, -0.25) is 20.0 Å². The number of methoxy groups -OCH3 is 1. The first-order chi connectivity index (χ1) is 24.4. The molecule has 0 bridgehead atoms. The van der Waals surface area contributed by atoms with Crippen LogP contribution >= 0.6 is 0 Å². The molecule has 4 atom stereocenters. The predicted molar refractivity (Wildman–Crippen MR) is 194 cm³/mol. The van der Waals surface area contributed by atoms with Crippen LogP contribution in [-0.2, 0) is 33.7 Å². The Hall–Kier alpha value is -5.10. The summed E-state index contributed by atoms with van der Waals surface area (Å²) >= 11 is 0. The molecule has 51 heavy (non-hydrogen) atoms. The molecule has 4 aromatic rings. The van der Waals surface area contributed by atoms with E-state index >= 15 is 0 Å². The van der Waals surface area contributed by atoms with Gasteiger partial charge < -0.3 is 25.6 Å². The van der Waals surface area contributed by atoms with Crippen LogP contribution in [-0.4, -0.2) is 69.5 Å². The third kappa shape index (κ3) is 9.57. The molecule has 3 amide bonds. The highest BCUT2D eigenvalue weighted by molar-refractivity contribution is 5.87. The molecule has 0 radical (unpaired) electrons. The lowest BCUT2D eigenvalue weighted by Crippen LogP contribution is -2.58. The van der Waals surface area contributed by atoms with Crippen molar-refractivity contribution in [3.8, 4) is 11.3 Å². The number of aliphatic hydroxyl groups excluding tert-OH is 1. The number of carbonyl (C=O) groups is 3. The number of ether oxygens (including phenoxy) is 1. The fraction of sp³-hybridized carbons (Fsp3) is 0.350. The molecule has 1 aliphatic carbocycles. The van der Waals surface area contributed by atoms with Crippen LogP contribution in [0.25, 0.3) is 11.3 Å². The molecule has 1 aliphatic rings. The second-order valence-corrected chi connectivity index (χ2v) is 14.1. The minimum absolute atomic E-state index is 0.000787. The summed E-state index contributed by atoms with van der Waals surface area (Å²) in [5.74, 6) is -1.11. The maximum absolute atomic E-state index is 14.1. The number of alkyl carbamates (subject to hydrolysis) is 1. The van der Waals surface area contributed by atoms with Gasteiger partial charge in [0.05, 0.1) is 24.9 Å². The van der Waals surface area contributed by atoms with Crippen molar-refractivity contribution in [1.29, 1.82) is 0 Å². The molecule has 1 heterocycles. The van der Waals surface area contributed by atoms with Crippen molar-refractivity contribution in [1.82, 2.24) is 26.1 Å². The first-order valence-corrected chi connectivity index (χ1v) is 17.1. The maximum atomic E-state index is 14.1. The lowest BCUT2D eigenvalue weighted by Gasteiger charge is -2.35. The molecule has 5 N–H and O–H groups in total. The monoisotopic (exact) mass is 693 g/mol. The van der Waals surface area contributed by atoms with Gasteiger partial charge in [-0.05, 0) is 39.8 Å². The normalized spacial score (nSPS) is 17.2. The van der Waals surface area contributed by atoms with Gasteiger partial charge >= 0.3 is 6.09 Å². The second kappa shape index (κ2) is 16.3. The van der Waals surface area contributed by atoms with Crippen molar-refractivity contribution in [2.45, 2.75) is 70.4 Å². The second-order valence-electron chi connectivity index (χ2n) is 14.1. The Morgan fingerprint density at radius 3 is 2.27 bits per heavy atom. The Morgan fingerprint density at radius 1 is 0.922 bits per heavy atom. The zero-order valence-corrected chi connectivity index (χ0v) is 29.5. The molecule has 3 aromatic carbocycles. The van der Waals surface area contributed by atoms with Gasteiger partial charge in [-0.1, -0.05) is 106 Å². The summed E-state index contributed by atoms with van der Waals surface area (Å²) in [7, 11) is 1.23. The molecule has 5 rings (SSSR count). The van der Waals surface area contributed by atoms with Crippen molar-refractivity contribution in [2.75, 3.05) is 13.7 Å². The molecule has 0 unspecified atom stereocenters. The van der Waals surface area contributed by atoms with Crippen molar-refractivity contribution >= 4 is 17.9 Å². The number of aliphatic hydroxyl groups is 2. The van der Waals surface area contributed by atoms with E-state index in [9.17, 15) is 24.6 Å². The topological polar surface area (TPSA) is 153 Å². The van der Waals surface area contributed by atoms with Gasteiger partial charge in [0.25, 0.3) is 11.8 Å². The number of pyridine rings is 1. The van der Waals surface area contributed by atoms with E-state index in [1.54, 1.807) is 11.2 Å². The summed E-state index contributed by atoms with van der Waals surface area (Å²) in [5, 5.41) is 30.3. The summed E-state index contributed by atoms with van der Waals surface area (Å²) in [6.45, 7) is 5.76. The highest BCUT2D eigenvalue weighted by Crippen LogP contribution is 2.32. The minimum atomic E-state index is -1.92. The quantitative estimate of drug-likeness (QED) is 0.129. The molecule has 0 fully saturated rings. The number of amides is 3. The van der Waals surface area contributed by atoms with Crippen molar-refractivity contribution in [3.63, 3.8) is 0 Å². The van der Waals surface area contributed by atoms with Crippen molar-refractivity contribution in [2.24, 2.45) is 5.41 Å². The number of benzene rings is 3. The van der Waals surface area contributed by atoms with Gasteiger partial charge in [0.2, 0.25) is 0 Å². The zero-order valence-electron chi connectivity index (χ0n) is 29.5. The van der Waals surface area contributed by atoms with E-state index in [2.05, 4.69) is 21.0 Å². The standard InChI is InChI=1S/C40H47N5O6/c1-39(2,3)35(43-38(49)51-4)36(47)44-45(26-28-17-19-29(20-18-28)32-16-10-11-22-41-32)23-21-40(50,25-27-12-6-5-7-13-27)37(48)42-34-31-15-9-8-14-30(31)24-33(34)46/h5-20,22,33-35,46,50H,21,23-26H2,1-4H3,(H,42,48)(H,43,49)(H,44,47)/t33-,34+,35-,40+/m1/s1. The lowest BCUT2D eigenvalue weighted by atomic mass is 9.86. The third-order valence-electron chi connectivity index (χ3n) is 9.18. The van der Waals surface area contributed by atoms with Crippen LogP contribution in [0.5, 0.6) is 0 Å². The van der Waals surface area contributed by atoms with E-state index in [-0.39, 0.29) is 25.9 Å². The van der Waals surface area contributed by atoms with Crippen LogP contribution in [0.2, 0.25) is 0 Å². The lowest BCUT2D eigenvalue weighted by molar-refractivity contribution is -0.143. The maximum Gasteiger partial charge on any atom is 0.407 e. The molecule has 0 spiro atoms. The van der Waals surface area contributed by atoms with E-state index in [1.807, 2.05) is 118 Å². The number of fused-ring (bicyclic) bond motifs is 1. The third-order valence-corrected chi connectivity index (χ3v) is 9.18. The molecule has 268 valence electrons. The fourth-order valence-corrected chi connectivity index (χ4v) is 6.34. The SMILES string of the molecule is COC(=O)N[C@H](C(=O)NN(CC[C@](O)(Cc1ccccc1)C(=O)N[C@H]1c2ccccc2C[C@H]1O)Cc1ccc(-c2ccccn2)cc1)C(C)(C)C. The average molecular weight is 694 g/mol. The number of nitrogens with zero attached hydrogens (tertiary/aromatic N) is 2. The summed E-state index contributed by atoms with van der Waals surface area (Å²) in [5.41, 5.74) is 5.45. The Balaban J connectivity index is 1.41. The highest BCUT2D eigenvalue weighted by Gasteiger charge is 2.41. The van der Waals surface area contributed by atoms with Crippen LogP contribution in [0.1, 0.15) is 55.5 Å².